The largest absolute Gasteiger partial charge is 0.314 e. The minimum Gasteiger partial charge on any atom is -0.314 e. The summed E-state index contributed by atoms with van der Waals surface area (Å²) < 4.78 is 23.5. The predicted molar refractivity (Wildman–Crippen MR) is 71.4 cm³/mol. The Hall–Kier alpha value is -2.02. The smallest absolute Gasteiger partial charge is 0.251 e. The Balaban J connectivity index is 2.26. The lowest BCUT2D eigenvalue weighted by atomic mass is 10.1. The van der Waals surface area contributed by atoms with Crippen molar-refractivity contribution >= 4 is 9.84 Å². The van der Waals surface area contributed by atoms with E-state index in [9.17, 15) is 13.2 Å². The molecule has 0 aliphatic carbocycles. The summed E-state index contributed by atoms with van der Waals surface area (Å²) in [6.45, 7) is 0.159. The number of hydrogen-bond acceptors (Lipinski definition) is 5. The molecule has 0 unspecified atom stereocenters. The fraction of sp³-hybridized carbons (Fsp3) is 0.250. The highest BCUT2D eigenvalue weighted by Crippen LogP contribution is 2.14. The normalized spacial score (nSPS) is 11.4. The number of nitrogens with zero attached hydrogens (tertiary/aromatic N) is 3. The molecule has 7 heteroatoms. The van der Waals surface area contributed by atoms with E-state index in [1.54, 1.807) is 30.7 Å². The van der Waals surface area contributed by atoms with E-state index in [2.05, 4.69) is 10.2 Å². The molecule has 2 heterocycles. The van der Waals surface area contributed by atoms with Gasteiger partial charge in [0.1, 0.15) is 9.84 Å². The third-order valence-electron chi connectivity index (χ3n) is 2.62. The summed E-state index contributed by atoms with van der Waals surface area (Å²) in [5.74, 6) is -0.0525. The van der Waals surface area contributed by atoms with E-state index in [1.165, 1.54) is 10.6 Å². The van der Waals surface area contributed by atoms with Crippen molar-refractivity contribution in [3.05, 3.63) is 47.1 Å². The van der Waals surface area contributed by atoms with Crippen LogP contribution >= 0.6 is 0 Å². The molecular weight excluding hydrogens is 266 g/mol. The zero-order valence-electron chi connectivity index (χ0n) is 10.4. The first kappa shape index (κ1) is 13.4. The Morgan fingerprint density at radius 3 is 2.58 bits per heavy atom. The number of aryl methyl sites for hydroxylation is 1. The first-order valence-electron chi connectivity index (χ1n) is 5.61. The molecule has 2 rings (SSSR count). The van der Waals surface area contributed by atoms with E-state index in [0.717, 1.165) is 17.4 Å². The molecule has 0 amide bonds. The topological polar surface area (TPSA) is 81.9 Å². The molecule has 19 heavy (non-hydrogen) atoms. The van der Waals surface area contributed by atoms with E-state index >= 15 is 0 Å². The first-order valence-corrected chi connectivity index (χ1v) is 7.67. The van der Waals surface area contributed by atoms with Gasteiger partial charge in [0.05, 0.1) is 18.1 Å². The summed E-state index contributed by atoms with van der Waals surface area (Å²) in [6.07, 6.45) is 5.85. The molecule has 2 aromatic heterocycles. The molecule has 0 fully saturated rings. The average molecular weight is 279 g/mol. The Labute approximate surface area is 110 Å². The highest BCUT2D eigenvalue weighted by atomic mass is 32.2. The van der Waals surface area contributed by atoms with Crippen LogP contribution in [0.25, 0.3) is 11.1 Å². The van der Waals surface area contributed by atoms with Crippen molar-refractivity contribution in [3.63, 3.8) is 0 Å². The van der Waals surface area contributed by atoms with Crippen molar-refractivity contribution < 1.29 is 8.42 Å². The second-order valence-electron chi connectivity index (χ2n) is 4.21. The Kier molecular flexibility index (Phi) is 3.75. The summed E-state index contributed by atoms with van der Waals surface area (Å²) in [7, 11) is -3.08. The summed E-state index contributed by atoms with van der Waals surface area (Å²) in [5.41, 5.74) is 1.29. The molecule has 0 atom stereocenters. The van der Waals surface area contributed by atoms with Crippen LogP contribution in [0.2, 0.25) is 0 Å². The summed E-state index contributed by atoms with van der Waals surface area (Å²) in [5, 5.41) is 7.41. The van der Waals surface area contributed by atoms with Crippen LogP contribution in [-0.4, -0.2) is 35.2 Å². The third kappa shape index (κ3) is 3.72. The maximum Gasteiger partial charge on any atom is 0.251 e. The summed E-state index contributed by atoms with van der Waals surface area (Å²) in [6, 6.07) is 4.96. The lowest BCUT2D eigenvalue weighted by molar-refractivity contribution is 0.593. The SMILES string of the molecule is CS(=O)(=O)CCn1ccc(-c2ccnnc2)cc1=O. The summed E-state index contributed by atoms with van der Waals surface area (Å²) in [4.78, 5) is 11.9. The van der Waals surface area contributed by atoms with Crippen LogP contribution in [0.3, 0.4) is 0 Å². The van der Waals surface area contributed by atoms with Crippen molar-refractivity contribution in [1.29, 1.82) is 0 Å². The molecule has 0 bridgehead atoms. The molecular formula is C12H13N3O3S. The van der Waals surface area contributed by atoms with Gasteiger partial charge in [-0.15, -0.1) is 0 Å². The second kappa shape index (κ2) is 5.31. The highest BCUT2D eigenvalue weighted by Gasteiger charge is 2.05. The quantitative estimate of drug-likeness (QED) is 0.806. The van der Waals surface area contributed by atoms with Gasteiger partial charge < -0.3 is 4.57 Å². The van der Waals surface area contributed by atoms with Gasteiger partial charge in [-0.2, -0.15) is 10.2 Å². The standard InChI is InChI=1S/C12H13N3O3S/c1-19(17,18)7-6-15-5-3-10(8-12(15)16)11-2-4-13-14-9-11/h2-5,8-9H,6-7H2,1H3. The Morgan fingerprint density at radius 2 is 2.00 bits per heavy atom. The molecule has 0 N–H and O–H groups in total. The van der Waals surface area contributed by atoms with Crippen LogP contribution in [0.5, 0.6) is 0 Å². The van der Waals surface area contributed by atoms with Gasteiger partial charge in [-0.1, -0.05) is 0 Å². The monoisotopic (exact) mass is 279 g/mol. The fourth-order valence-electron chi connectivity index (χ4n) is 1.60. The molecule has 0 aliphatic heterocycles. The maximum absolute atomic E-state index is 11.9. The van der Waals surface area contributed by atoms with Gasteiger partial charge in [0.2, 0.25) is 0 Å². The van der Waals surface area contributed by atoms with Crippen LogP contribution in [0.1, 0.15) is 0 Å². The first-order chi connectivity index (χ1) is 8.96. The van der Waals surface area contributed by atoms with E-state index in [0.29, 0.717) is 0 Å². The molecule has 0 radical (unpaired) electrons. The van der Waals surface area contributed by atoms with E-state index in [4.69, 9.17) is 0 Å². The highest BCUT2D eigenvalue weighted by molar-refractivity contribution is 7.90. The van der Waals surface area contributed by atoms with Gasteiger partial charge in [0, 0.05) is 30.6 Å². The Bertz CT molecular complexity index is 723. The minimum atomic E-state index is -3.08. The maximum atomic E-state index is 11.9. The lowest BCUT2D eigenvalue weighted by Gasteiger charge is -2.06. The van der Waals surface area contributed by atoms with Gasteiger partial charge in [0.15, 0.2) is 0 Å². The van der Waals surface area contributed by atoms with E-state index in [1.807, 2.05) is 0 Å². The van der Waals surface area contributed by atoms with Crippen molar-refractivity contribution in [1.82, 2.24) is 14.8 Å². The van der Waals surface area contributed by atoms with Gasteiger partial charge in [-0.25, -0.2) is 8.42 Å². The average Bonchev–Trinajstić information content (AvgIpc) is 2.37. The van der Waals surface area contributed by atoms with Crippen molar-refractivity contribution in [2.24, 2.45) is 0 Å². The van der Waals surface area contributed by atoms with Crippen molar-refractivity contribution in [2.75, 3.05) is 12.0 Å². The number of sulfone groups is 1. The minimum absolute atomic E-state index is 0.0525. The molecule has 100 valence electrons. The lowest BCUT2D eigenvalue weighted by Crippen LogP contribution is -2.22. The van der Waals surface area contributed by atoms with Gasteiger partial charge >= 0.3 is 0 Å². The molecule has 0 aliphatic rings. The molecule has 2 aromatic rings. The number of pyridine rings is 1. The molecule has 6 nitrogen and oxygen atoms in total. The van der Waals surface area contributed by atoms with Crippen molar-refractivity contribution in [2.45, 2.75) is 6.54 Å². The number of rotatable bonds is 4. The molecule has 0 saturated heterocycles. The van der Waals surface area contributed by atoms with E-state index < -0.39 is 9.84 Å². The zero-order chi connectivity index (χ0) is 13.9. The van der Waals surface area contributed by atoms with Crippen LogP contribution in [0, 0.1) is 0 Å². The second-order valence-corrected chi connectivity index (χ2v) is 6.47. The van der Waals surface area contributed by atoms with Crippen LogP contribution in [0.4, 0.5) is 0 Å². The van der Waals surface area contributed by atoms with Gasteiger partial charge in [-0.3, -0.25) is 4.79 Å². The molecule has 0 saturated carbocycles. The Morgan fingerprint density at radius 1 is 1.21 bits per heavy atom. The van der Waals surface area contributed by atoms with Gasteiger partial charge in [0.25, 0.3) is 5.56 Å². The molecule has 0 spiro atoms. The van der Waals surface area contributed by atoms with Crippen LogP contribution in [0.15, 0.2) is 41.6 Å². The van der Waals surface area contributed by atoms with Crippen LogP contribution < -0.4 is 5.56 Å². The fourth-order valence-corrected chi connectivity index (χ4v) is 2.13. The van der Waals surface area contributed by atoms with Gasteiger partial charge in [-0.05, 0) is 17.7 Å². The zero-order valence-corrected chi connectivity index (χ0v) is 11.2. The van der Waals surface area contributed by atoms with Crippen molar-refractivity contribution in [3.8, 4) is 11.1 Å². The third-order valence-corrected chi connectivity index (χ3v) is 3.54. The van der Waals surface area contributed by atoms with Crippen LogP contribution in [-0.2, 0) is 16.4 Å². The predicted octanol–water partition coefficient (Wildman–Crippen LogP) is 0.350. The van der Waals surface area contributed by atoms with E-state index in [-0.39, 0.29) is 17.9 Å². The summed E-state index contributed by atoms with van der Waals surface area (Å²) >= 11 is 0. The number of aromatic nitrogens is 3. The molecule has 0 aromatic carbocycles. The number of hydrogen-bond donors (Lipinski definition) is 0.